The van der Waals surface area contributed by atoms with Gasteiger partial charge in [-0.05, 0) is 12.8 Å². The first-order valence-corrected chi connectivity index (χ1v) is 4.89. The zero-order valence-corrected chi connectivity index (χ0v) is 9.38. The lowest BCUT2D eigenvalue weighted by atomic mass is 9.81. The molecule has 0 aromatic rings. The number of carbonyl (C=O) groups excluding carboxylic acids is 2. The van der Waals surface area contributed by atoms with Crippen LogP contribution >= 0.6 is 0 Å². The smallest absolute Gasteiger partial charge is 0.329 e. The quantitative estimate of drug-likeness (QED) is 0.537. The molecule has 0 spiro atoms. The molecule has 0 saturated heterocycles. The summed E-state index contributed by atoms with van der Waals surface area (Å²) in [4.78, 5) is 23.0. The van der Waals surface area contributed by atoms with E-state index in [2.05, 4.69) is 9.47 Å². The van der Waals surface area contributed by atoms with Crippen LogP contribution in [0.15, 0.2) is 0 Å². The number of hydrogen-bond donors (Lipinski definition) is 0. The molecular weight excluding hydrogens is 222 g/mol. The van der Waals surface area contributed by atoms with Crippen molar-refractivity contribution in [3.63, 3.8) is 0 Å². The van der Waals surface area contributed by atoms with Crippen LogP contribution in [-0.2, 0) is 19.1 Å². The Bertz CT molecular complexity index is 298. The van der Waals surface area contributed by atoms with Gasteiger partial charge in [0.2, 0.25) is 5.41 Å². The zero-order chi connectivity index (χ0) is 12.6. The lowest BCUT2D eigenvalue weighted by Crippen LogP contribution is -2.52. The SMILES string of the molecule is COC(=O)C1(C(=O)OC)CCC(C)C1(F)F. The maximum Gasteiger partial charge on any atom is 0.329 e. The van der Waals surface area contributed by atoms with Gasteiger partial charge < -0.3 is 9.47 Å². The number of rotatable bonds is 2. The number of methoxy groups -OCH3 is 2. The molecule has 1 rings (SSSR count). The van der Waals surface area contributed by atoms with Gasteiger partial charge in [0.05, 0.1) is 14.2 Å². The van der Waals surface area contributed by atoms with Crippen LogP contribution in [0, 0.1) is 11.3 Å². The van der Waals surface area contributed by atoms with E-state index in [-0.39, 0.29) is 12.8 Å². The maximum atomic E-state index is 13.9. The van der Waals surface area contributed by atoms with E-state index in [0.717, 1.165) is 14.2 Å². The lowest BCUT2D eigenvalue weighted by molar-refractivity contribution is -0.198. The zero-order valence-electron chi connectivity index (χ0n) is 9.38. The number of alkyl halides is 2. The molecule has 1 aliphatic rings. The minimum atomic E-state index is -3.44. The Labute approximate surface area is 91.9 Å². The molecule has 16 heavy (non-hydrogen) atoms. The Morgan fingerprint density at radius 2 is 1.62 bits per heavy atom. The third kappa shape index (κ3) is 1.39. The Hall–Kier alpha value is -1.20. The molecule has 0 heterocycles. The van der Waals surface area contributed by atoms with Crippen LogP contribution in [0.3, 0.4) is 0 Å². The van der Waals surface area contributed by atoms with Crippen LogP contribution in [-0.4, -0.2) is 32.1 Å². The molecule has 1 saturated carbocycles. The fraction of sp³-hybridized carbons (Fsp3) is 0.800. The van der Waals surface area contributed by atoms with Crippen LogP contribution in [0.5, 0.6) is 0 Å². The number of halogens is 2. The fourth-order valence-corrected chi connectivity index (χ4v) is 2.11. The summed E-state index contributed by atoms with van der Waals surface area (Å²) in [5.74, 6) is -6.94. The molecule has 0 bridgehead atoms. The van der Waals surface area contributed by atoms with Crippen molar-refractivity contribution >= 4 is 11.9 Å². The van der Waals surface area contributed by atoms with Gasteiger partial charge in [-0.3, -0.25) is 9.59 Å². The summed E-state index contributed by atoms with van der Waals surface area (Å²) in [6.45, 7) is 1.30. The number of esters is 2. The molecule has 0 aromatic carbocycles. The van der Waals surface area contributed by atoms with Crippen LogP contribution < -0.4 is 0 Å². The molecule has 1 fully saturated rings. The van der Waals surface area contributed by atoms with E-state index in [1.54, 1.807) is 0 Å². The number of ether oxygens (including phenoxy) is 2. The lowest BCUT2D eigenvalue weighted by Gasteiger charge is -2.30. The van der Waals surface area contributed by atoms with Crippen LogP contribution in [0.1, 0.15) is 19.8 Å². The Morgan fingerprint density at radius 3 is 1.88 bits per heavy atom. The highest BCUT2D eigenvalue weighted by Crippen LogP contribution is 2.54. The first-order valence-electron chi connectivity index (χ1n) is 4.89. The van der Waals surface area contributed by atoms with Crippen molar-refractivity contribution in [1.29, 1.82) is 0 Å². The Morgan fingerprint density at radius 1 is 1.19 bits per heavy atom. The minimum absolute atomic E-state index is 0.0806. The van der Waals surface area contributed by atoms with Crippen molar-refractivity contribution in [3.05, 3.63) is 0 Å². The summed E-state index contributed by atoms with van der Waals surface area (Å²) in [5, 5.41) is 0. The van der Waals surface area contributed by atoms with Gasteiger partial charge >= 0.3 is 11.9 Å². The van der Waals surface area contributed by atoms with E-state index in [4.69, 9.17) is 0 Å². The highest BCUT2D eigenvalue weighted by Gasteiger charge is 2.71. The van der Waals surface area contributed by atoms with E-state index in [0.29, 0.717) is 0 Å². The summed E-state index contributed by atoms with van der Waals surface area (Å²) < 4.78 is 36.5. The van der Waals surface area contributed by atoms with E-state index < -0.39 is 29.2 Å². The molecule has 0 N–H and O–H groups in total. The minimum Gasteiger partial charge on any atom is -0.468 e. The van der Waals surface area contributed by atoms with Crippen LogP contribution in [0.25, 0.3) is 0 Å². The van der Waals surface area contributed by atoms with Crippen molar-refractivity contribution in [1.82, 2.24) is 0 Å². The molecule has 0 amide bonds. The van der Waals surface area contributed by atoms with Crippen molar-refractivity contribution in [3.8, 4) is 0 Å². The van der Waals surface area contributed by atoms with Crippen molar-refractivity contribution in [2.24, 2.45) is 11.3 Å². The predicted octanol–water partition coefficient (Wildman–Crippen LogP) is 1.38. The van der Waals surface area contributed by atoms with E-state index in [1.807, 2.05) is 0 Å². The van der Waals surface area contributed by atoms with Gasteiger partial charge in [-0.25, -0.2) is 8.78 Å². The van der Waals surface area contributed by atoms with Gasteiger partial charge in [-0.15, -0.1) is 0 Å². The Kier molecular flexibility index (Phi) is 3.21. The summed E-state index contributed by atoms with van der Waals surface area (Å²) in [5.41, 5.74) is -2.48. The standard InChI is InChI=1S/C10H14F2O4/c1-6-4-5-9(7(13)15-2,8(14)16-3)10(6,11)12/h6H,4-5H2,1-3H3. The molecule has 0 aliphatic heterocycles. The van der Waals surface area contributed by atoms with Gasteiger partial charge in [0.25, 0.3) is 5.92 Å². The van der Waals surface area contributed by atoms with E-state index >= 15 is 0 Å². The van der Waals surface area contributed by atoms with Gasteiger partial charge in [0.15, 0.2) is 0 Å². The fourth-order valence-electron chi connectivity index (χ4n) is 2.11. The topological polar surface area (TPSA) is 52.6 Å². The van der Waals surface area contributed by atoms with Gasteiger partial charge in [-0.2, -0.15) is 0 Å². The second kappa shape index (κ2) is 3.99. The normalized spacial score (nSPS) is 26.2. The number of carbonyl (C=O) groups is 2. The third-order valence-electron chi connectivity index (χ3n) is 3.21. The maximum absolute atomic E-state index is 13.9. The molecule has 1 unspecified atom stereocenters. The molecule has 1 aliphatic carbocycles. The third-order valence-corrected chi connectivity index (χ3v) is 3.21. The monoisotopic (exact) mass is 236 g/mol. The summed E-state index contributed by atoms with van der Waals surface area (Å²) in [6.07, 6.45) is -0.169. The summed E-state index contributed by atoms with van der Waals surface area (Å²) in [6, 6.07) is 0. The first kappa shape index (κ1) is 12.9. The highest BCUT2D eigenvalue weighted by molar-refractivity contribution is 6.01. The molecule has 92 valence electrons. The summed E-state index contributed by atoms with van der Waals surface area (Å²) >= 11 is 0. The predicted molar refractivity (Wildman–Crippen MR) is 49.8 cm³/mol. The number of hydrogen-bond acceptors (Lipinski definition) is 4. The average molecular weight is 236 g/mol. The van der Waals surface area contributed by atoms with Gasteiger partial charge in [0.1, 0.15) is 0 Å². The second-order valence-corrected chi connectivity index (χ2v) is 3.95. The van der Waals surface area contributed by atoms with Gasteiger partial charge in [-0.1, -0.05) is 6.92 Å². The average Bonchev–Trinajstić information content (AvgIpc) is 2.50. The van der Waals surface area contributed by atoms with Crippen molar-refractivity contribution in [2.75, 3.05) is 14.2 Å². The van der Waals surface area contributed by atoms with Crippen molar-refractivity contribution in [2.45, 2.75) is 25.7 Å². The molecular formula is C10H14F2O4. The molecule has 6 heteroatoms. The van der Waals surface area contributed by atoms with Crippen LogP contribution in [0.4, 0.5) is 8.78 Å². The van der Waals surface area contributed by atoms with E-state index in [1.165, 1.54) is 6.92 Å². The molecule has 1 atom stereocenters. The summed E-state index contributed by atoms with van der Waals surface area (Å²) in [7, 11) is 1.96. The van der Waals surface area contributed by atoms with Crippen molar-refractivity contribution < 1.29 is 27.8 Å². The van der Waals surface area contributed by atoms with E-state index in [9.17, 15) is 18.4 Å². The van der Waals surface area contributed by atoms with Gasteiger partial charge in [0, 0.05) is 5.92 Å². The van der Waals surface area contributed by atoms with Crippen LogP contribution in [0.2, 0.25) is 0 Å². The Balaban J connectivity index is 3.26. The second-order valence-electron chi connectivity index (χ2n) is 3.95. The highest BCUT2D eigenvalue weighted by atomic mass is 19.3. The molecule has 4 nitrogen and oxygen atoms in total. The molecule has 0 radical (unpaired) electrons. The first-order chi connectivity index (χ1) is 7.34. The largest absolute Gasteiger partial charge is 0.468 e. The molecule has 0 aromatic heterocycles.